The van der Waals surface area contributed by atoms with Crippen LogP contribution in [0.4, 0.5) is 0 Å². The Bertz CT molecular complexity index is 980. The molecule has 0 saturated heterocycles. The first-order valence-corrected chi connectivity index (χ1v) is 9.49. The molecule has 0 saturated carbocycles. The fourth-order valence-electron chi connectivity index (χ4n) is 2.32. The van der Waals surface area contributed by atoms with Gasteiger partial charge in [-0.05, 0) is 36.4 Å². The quantitative estimate of drug-likeness (QED) is 0.402. The van der Waals surface area contributed by atoms with E-state index in [2.05, 4.69) is 0 Å². The molecule has 0 aliphatic heterocycles. The second kappa shape index (κ2) is 9.30. The molecule has 142 valence electrons. The minimum Gasteiger partial charge on any atom is -0.482 e. The standard InChI is InChI=1S/C21H15ClO5S/c22-19-11-10-18(28-19)17(23)12-27-20(24)13-26-16-8-6-15(7-9-16)21(25)14-4-2-1-3-5-14/h1-11H,12-13H2. The molecular weight excluding hydrogens is 400 g/mol. The van der Waals surface area contributed by atoms with E-state index in [1.54, 1.807) is 60.7 Å². The lowest BCUT2D eigenvalue weighted by Gasteiger charge is -2.07. The fraction of sp³-hybridized carbons (Fsp3) is 0.0952. The van der Waals surface area contributed by atoms with Crippen molar-refractivity contribution in [2.24, 2.45) is 0 Å². The predicted molar refractivity (Wildman–Crippen MR) is 106 cm³/mol. The Balaban J connectivity index is 1.47. The highest BCUT2D eigenvalue weighted by Crippen LogP contribution is 2.21. The third kappa shape index (κ3) is 5.28. The van der Waals surface area contributed by atoms with Gasteiger partial charge in [0, 0.05) is 11.1 Å². The molecule has 3 rings (SSSR count). The van der Waals surface area contributed by atoms with Crippen LogP contribution in [0.1, 0.15) is 25.6 Å². The molecule has 0 fully saturated rings. The van der Waals surface area contributed by atoms with Crippen molar-refractivity contribution >= 4 is 40.5 Å². The van der Waals surface area contributed by atoms with Crippen LogP contribution in [0.25, 0.3) is 0 Å². The van der Waals surface area contributed by atoms with Gasteiger partial charge in [-0.1, -0.05) is 41.9 Å². The highest BCUT2D eigenvalue weighted by atomic mass is 35.5. The average Bonchev–Trinajstić information content (AvgIpc) is 3.17. The largest absolute Gasteiger partial charge is 0.482 e. The molecule has 1 heterocycles. The van der Waals surface area contributed by atoms with Crippen molar-refractivity contribution in [2.75, 3.05) is 13.2 Å². The van der Waals surface area contributed by atoms with Crippen molar-refractivity contribution < 1.29 is 23.9 Å². The van der Waals surface area contributed by atoms with E-state index >= 15 is 0 Å². The maximum Gasteiger partial charge on any atom is 0.344 e. The summed E-state index contributed by atoms with van der Waals surface area (Å²) in [6, 6.07) is 18.6. The lowest BCUT2D eigenvalue weighted by Crippen LogP contribution is -2.19. The van der Waals surface area contributed by atoms with Gasteiger partial charge in [-0.15, -0.1) is 11.3 Å². The summed E-state index contributed by atoms with van der Waals surface area (Å²) in [5, 5.41) is 0. The minimum absolute atomic E-state index is 0.0984. The number of hydrogen-bond acceptors (Lipinski definition) is 6. The number of benzene rings is 2. The Morgan fingerprint density at radius 2 is 1.50 bits per heavy atom. The molecule has 0 bridgehead atoms. The van der Waals surface area contributed by atoms with Crippen LogP contribution in [-0.4, -0.2) is 30.7 Å². The molecule has 7 heteroatoms. The van der Waals surface area contributed by atoms with Crippen LogP contribution >= 0.6 is 22.9 Å². The van der Waals surface area contributed by atoms with Gasteiger partial charge in [0.25, 0.3) is 0 Å². The molecule has 1 aromatic heterocycles. The predicted octanol–water partition coefficient (Wildman–Crippen LogP) is 4.44. The Hall–Kier alpha value is -2.96. The Morgan fingerprint density at radius 1 is 0.821 bits per heavy atom. The summed E-state index contributed by atoms with van der Waals surface area (Å²) in [4.78, 5) is 36.4. The number of carbonyl (C=O) groups excluding carboxylic acids is 3. The van der Waals surface area contributed by atoms with E-state index in [0.717, 1.165) is 11.3 Å². The van der Waals surface area contributed by atoms with E-state index in [9.17, 15) is 14.4 Å². The summed E-state index contributed by atoms with van der Waals surface area (Å²) < 4.78 is 10.7. The second-order valence-corrected chi connectivity index (χ2v) is 7.41. The van der Waals surface area contributed by atoms with Crippen LogP contribution in [0.5, 0.6) is 5.75 Å². The molecule has 0 aliphatic rings. The van der Waals surface area contributed by atoms with E-state index in [1.807, 2.05) is 6.07 Å². The van der Waals surface area contributed by atoms with Gasteiger partial charge in [0.05, 0.1) is 9.21 Å². The molecule has 0 atom stereocenters. The maximum absolute atomic E-state index is 12.3. The average molecular weight is 415 g/mol. The summed E-state index contributed by atoms with van der Waals surface area (Å²) in [5.74, 6) is -0.675. The van der Waals surface area contributed by atoms with Crippen molar-refractivity contribution in [3.63, 3.8) is 0 Å². The molecule has 3 aromatic rings. The minimum atomic E-state index is -0.666. The van der Waals surface area contributed by atoms with Gasteiger partial charge in [0.15, 0.2) is 19.0 Å². The topological polar surface area (TPSA) is 69.7 Å². The number of ketones is 2. The molecule has 5 nitrogen and oxygen atoms in total. The van der Waals surface area contributed by atoms with Crippen LogP contribution in [0.15, 0.2) is 66.7 Å². The Kier molecular flexibility index (Phi) is 6.57. The molecule has 0 radical (unpaired) electrons. The molecule has 0 unspecified atom stereocenters. The lowest BCUT2D eigenvalue weighted by molar-refractivity contribution is -0.144. The number of ether oxygens (including phenoxy) is 2. The first-order valence-electron chi connectivity index (χ1n) is 8.30. The van der Waals surface area contributed by atoms with E-state index in [0.29, 0.717) is 26.1 Å². The highest BCUT2D eigenvalue weighted by Gasteiger charge is 2.13. The number of Topliss-reactive ketones (excluding diaryl/α,β-unsaturated/α-hetero) is 1. The van der Waals surface area contributed by atoms with Crippen molar-refractivity contribution in [3.05, 3.63) is 87.1 Å². The van der Waals surface area contributed by atoms with Crippen molar-refractivity contribution in [1.29, 1.82) is 0 Å². The normalized spacial score (nSPS) is 10.3. The number of rotatable bonds is 8. The van der Waals surface area contributed by atoms with E-state index in [1.165, 1.54) is 0 Å². The van der Waals surface area contributed by atoms with Crippen molar-refractivity contribution in [1.82, 2.24) is 0 Å². The summed E-state index contributed by atoms with van der Waals surface area (Å²) in [6.07, 6.45) is 0. The van der Waals surface area contributed by atoms with Gasteiger partial charge in [-0.3, -0.25) is 9.59 Å². The molecule has 0 N–H and O–H groups in total. The molecule has 0 aliphatic carbocycles. The fourth-order valence-corrected chi connectivity index (χ4v) is 3.29. The van der Waals surface area contributed by atoms with Gasteiger partial charge in [-0.25, -0.2) is 4.79 Å². The zero-order valence-electron chi connectivity index (χ0n) is 14.6. The van der Waals surface area contributed by atoms with Crippen molar-refractivity contribution in [3.8, 4) is 5.75 Å². The molecule has 2 aromatic carbocycles. The SMILES string of the molecule is O=C(COc1ccc(C(=O)c2ccccc2)cc1)OCC(=O)c1ccc(Cl)s1. The first-order chi connectivity index (χ1) is 13.5. The smallest absolute Gasteiger partial charge is 0.344 e. The number of esters is 1. The number of halogens is 1. The summed E-state index contributed by atoms with van der Waals surface area (Å²) in [7, 11) is 0. The third-order valence-corrected chi connectivity index (χ3v) is 4.99. The highest BCUT2D eigenvalue weighted by molar-refractivity contribution is 7.18. The summed E-state index contributed by atoms with van der Waals surface area (Å²) in [5.41, 5.74) is 1.11. The van der Waals surface area contributed by atoms with Gasteiger partial charge in [-0.2, -0.15) is 0 Å². The van der Waals surface area contributed by atoms with E-state index in [-0.39, 0.29) is 24.8 Å². The van der Waals surface area contributed by atoms with Crippen LogP contribution in [0.2, 0.25) is 4.34 Å². The molecule has 0 spiro atoms. The molecule has 0 amide bonds. The maximum atomic E-state index is 12.3. The number of carbonyl (C=O) groups is 3. The van der Waals surface area contributed by atoms with E-state index < -0.39 is 5.97 Å². The van der Waals surface area contributed by atoms with Crippen molar-refractivity contribution in [2.45, 2.75) is 0 Å². The summed E-state index contributed by atoms with van der Waals surface area (Å²) in [6.45, 7) is -0.714. The van der Waals surface area contributed by atoms with Crippen LogP contribution in [-0.2, 0) is 9.53 Å². The van der Waals surface area contributed by atoms with Gasteiger partial charge < -0.3 is 9.47 Å². The Labute approximate surface area is 170 Å². The summed E-state index contributed by atoms with van der Waals surface area (Å²) >= 11 is 6.89. The number of thiophene rings is 1. The van der Waals surface area contributed by atoms with Crippen LogP contribution in [0.3, 0.4) is 0 Å². The van der Waals surface area contributed by atoms with Gasteiger partial charge >= 0.3 is 5.97 Å². The lowest BCUT2D eigenvalue weighted by atomic mass is 10.0. The number of hydrogen-bond donors (Lipinski definition) is 0. The molecular formula is C21H15ClO5S. The third-order valence-electron chi connectivity index (χ3n) is 3.72. The second-order valence-electron chi connectivity index (χ2n) is 5.70. The Morgan fingerprint density at radius 3 is 2.14 bits per heavy atom. The first kappa shape index (κ1) is 19.8. The van der Waals surface area contributed by atoms with Gasteiger partial charge in [0.1, 0.15) is 5.75 Å². The zero-order valence-corrected chi connectivity index (χ0v) is 16.2. The van der Waals surface area contributed by atoms with E-state index in [4.69, 9.17) is 21.1 Å². The zero-order chi connectivity index (χ0) is 19.9. The molecule has 28 heavy (non-hydrogen) atoms. The monoisotopic (exact) mass is 414 g/mol. The van der Waals surface area contributed by atoms with Crippen LogP contribution < -0.4 is 4.74 Å². The van der Waals surface area contributed by atoms with Gasteiger partial charge in [0.2, 0.25) is 5.78 Å². The van der Waals surface area contributed by atoms with Crippen LogP contribution in [0, 0.1) is 0 Å².